The molecule has 7 heteroatoms. The molecule has 0 fully saturated rings. The molecule has 3 aromatic rings. The van der Waals surface area contributed by atoms with Crippen LogP contribution in [0.1, 0.15) is 26.4 Å². The highest BCUT2D eigenvalue weighted by atomic mass is 79.9. The predicted octanol–water partition coefficient (Wildman–Crippen LogP) is 3.39. The molecule has 0 unspecified atom stereocenters. The molecule has 1 heterocycles. The van der Waals surface area contributed by atoms with Gasteiger partial charge >= 0.3 is 0 Å². The summed E-state index contributed by atoms with van der Waals surface area (Å²) in [5.41, 5.74) is 7.14. The van der Waals surface area contributed by atoms with Gasteiger partial charge in [-0.25, -0.2) is 0 Å². The minimum Gasteiger partial charge on any atom is -0.356 e. The van der Waals surface area contributed by atoms with Crippen molar-refractivity contribution in [1.29, 1.82) is 5.26 Å². The molecule has 0 radical (unpaired) electrons. The molecule has 0 aliphatic carbocycles. The van der Waals surface area contributed by atoms with E-state index in [0.29, 0.717) is 27.9 Å². The van der Waals surface area contributed by atoms with Crippen LogP contribution in [0.2, 0.25) is 0 Å². The average Bonchev–Trinajstić information content (AvgIpc) is 3.12. The van der Waals surface area contributed by atoms with Gasteiger partial charge < -0.3 is 4.98 Å². The van der Waals surface area contributed by atoms with Gasteiger partial charge in [0.25, 0.3) is 11.8 Å². The van der Waals surface area contributed by atoms with Crippen LogP contribution in [0.4, 0.5) is 0 Å². The molecule has 0 aliphatic heterocycles. The van der Waals surface area contributed by atoms with E-state index in [1.807, 2.05) is 0 Å². The zero-order chi connectivity index (χ0) is 18.5. The van der Waals surface area contributed by atoms with Crippen LogP contribution >= 0.6 is 15.9 Å². The van der Waals surface area contributed by atoms with Crippen LogP contribution in [-0.2, 0) is 0 Å². The van der Waals surface area contributed by atoms with Crippen LogP contribution in [0, 0.1) is 11.3 Å². The number of rotatable bonds is 3. The van der Waals surface area contributed by atoms with Crippen LogP contribution in [0.5, 0.6) is 0 Å². The van der Waals surface area contributed by atoms with Gasteiger partial charge in [0.1, 0.15) is 5.69 Å². The molecule has 6 nitrogen and oxygen atoms in total. The minimum absolute atomic E-state index is 0.306. The van der Waals surface area contributed by atoms with Crippen molar-refractivity contribution < 1.29 is 9.59 Å². The normalized spacial score (nSPS) is 10.0. The van der Waals surface area contributed by atoms with E-state index in [9.17, 15) is 14.9 Å². The van der Waals surface area contributed by atoms with E-state index in [1.54, 1.807) is 60.8 Å². The lowest BCUT2D eigenvalue weighted by Crippen LogP contribution is -2.41. The zero-order valence-electron chi connectivity index (χ0n) is 13.4. The van der Waals surface area contributed by atoms with Gasteiger partial charge in [-0.2, -0.15) is 5.26 Å². The Morgan fingerprint density at radius 3 is 2.31 bits per heavy atom. The summed E-state index contributed by atoms with van der Waals surface area (Å²) >= 11 is 3.24. The standard InChI is InChI=1S/C19H13BrN4O2/c20-13-9-17(22-11-13)19(26)24-23-18(25)16-8-4-3-7-15(16)14-6-2-1-5-12(14)10-21/h1-9,11,22H,(H,23,25)(H,24,26). The van der Waals surface area contributed by atoms with Crippen molar-refractivity contribution in [2.75, 3.05) is 0 Å². The van der Waals surface area contributed by atoms with Gasteiger partial charge in [0, 0.05) is 21.8 Å². The van der Waals surface area contributed by atoms with Gasteiger partial charge in [-0.05, 0) is 39.7 Å². The number of benzene rings is 2. The molecule has 0 saturated carbocycles. The molecule has 2 amide bonds. The largest absolute Gasteiger partial charge is 0.356 e. The van der Waals surface area contributed by atoms with E-state index < -0.39 is 11.8 Å². The lowest BCUT2D eigenvalue weighted by atomic mass is 9.95. The number of carbonyl (C=O) groups is 2. The Hall–Kier alpha value is -3.37. The number of halogens is 1. The number of amides is 2. The van der Waals surface area contributed by atoms with Crippen molar-refractivity contribution in [3.05, 3.63) is 82.1 Å². The molecule has 26 heavy (non-hydrogen) atoms. The predicted molar refractivity (Wildman–Crippen MR) is 100 cm³/mol. The van der Waals surface area contributed by atoms with Crippen molar-refractivity contribution >= 4 is 27.7 Å². The zero-order valence-corrected chi connectivity index (χ0v) is 15.0. The summed E-state index contributed by atoms with van der Waals surface area (Å²) in [4.78, 5) is 27.4. The molecule has 0 aliphatic rings. The van der Waals surface area contributed by atoms with E-state index in [-0.39, 0.29) is 0 Å². The monoisotopic (exact) mass is 408 g/mol. The lowest BCUT2D eigenvalue weighted by molar-refractivity contribution is 0.0844. The number of aromatic nitrogens is 1. The topological polar surface area (TPSA) is 97.8 Å². The first-order valence-corrected chi connectivity index (χ1v) is 8.42. The first-order chi connectivity index (χ1) is 12.6. The van der Waals surface area contributed by atoms with Crippen molar-refractivity contribution in [3.8, 4) is 17.2 Å². The smallest absolute Gasteiger partial charge is 0.286 e. The fourth-order valence-corrected chi connectivity index (χ4v) is 2.82. The first-order valence-electron chi connectivity index (χ1n) is 7.63. The van der Waals surface area contributed by atoms with Crippen LogP contribution in [0.15, 0.2) is 65.3 Å². The van der Waals surface area contributed by atoms with Crippen molar-refractivity contribution in [3.63, 3.8) is 0 Å². The third kappa shape index (κ3) is 3.66. The van der Waals surface area contributed by atoms with E-state index in [2.05, 4.69) is 37.8 Å². The maximum absolute atomic E-state index is 12.6. The second kappa shape index (κ2) is 7.68. The Labute approximate surface area is 158 Å². The Bertz CT molecular complexity index is 1020. The molecule has 3 N–H and O–H groups in total. The third-order valence-electron chi connectivity index (χ3n) is 3.69. The fourth-order valence-electron chi connectivity index (χ4n) is 2.48. The Morgan fingerprint density at radius 2 is 1.62 bits per heavy atom. The molecule has 1 aromatic heterocycles. The number of carbonyl (C=O) groups excluding carboxylic acids is 2. The van der Waals surface area contributed by atoms with E-state index in [0.717, 1.165) is 4.47 Å². The molecule has 0 atom stereocenters. The van der Waals surface area contributed by atoms with Gasteiger partial charge in [0.05, 0.1) is 11.6 Å². The number of hydrogen-bond donors (Lipinski definition) is 3. The SMILES string of the molecule is N#Cc1ccccc1-c1ccccc1C(=O)NNC(=O)c1cc(Br)c[nH]1. The Kier molecular flexibility index (Phi) is 5.15. The van der Waals surface area contributed by atoms with Crippen LogP contribution in [0.25, 0.3) is 11.1 Å². The highest BCUT2D eigenvalue weighted by Gasteiger charge is 2.16. The summed E-state index contributed by atoms with van der Waals surface area (Å²) in [7, 11) is 0. The number of hydrogen-bond acceptors (Lipinski definition) is 3. The number of nitrogens with one attached hydrogen (secondary N) is 3. The quantitative estimate of drug-likeness (QED) is 0.579. The number of aromatic amines is 1. The van der Waals surface area contributed by atoms with Gasteiger partial charge in [0.2, 0.25) is 0 Å². The van der Waals surface area contributed by atoms with Crippen LogP contribution < -0.4 is 10.9 Å². The third-order valence-corrected chi connectivity index (χ3v) is 4.15. The summed E-state index contributed by atoms with van der Waals surface area (Å²) in [5, 5.41) is 9.30. The molecule has 2 aromatic carbocycles. The highest BCUT2D eigenvalue weighted by Crippen LogP contribution is 2.26. The van der Waals surface area contributed by atoms with E-state index >= 15 is 0 Å². The van der Waals surface area contributed by atoms with Crippen molar-refractivity contribution in [2.45, 2.75) is 0 Å². The summed E-state index contributed by atoms with van der Waals surface area (Å²) < 4.78 is 0.729. The summed E-state index contributed by atoms with van der Waals surface area (Å²) in [6, 6.07) is 17.7. The maximum Gasteiger partial charge on any atom is 0.286 e. The molecule has 128 valence electrons. The molecular weight excluding hydrogens is 396 g/mol. The second-order valence-electron chi connectivity index (χ2n) is 5.34. The Balaban J connectivity index is 1.82. The van der Waals surface area contributed by atoms with E-state index in [4.69, 9.17) is 0 Å². The number of nitrogens with zero attached hydrogens (tertiary/aromatic N) is 1. The van der Waals surface area contributed by atoms with Gasteiger partial charge in [-0.15, -0.1) is 0 Å². The number of hydrazine groups is 1. The molecule has 0 saturated heterocycles. The van der Waals surface area contributed by atoms with Crippen molar-refractivity contribution in [2.24, 2.45) is 0 Å². The van der Waals surface area contributed by atoms with Gasteiger partial charge in [-0.1, -0.05) is 36.4 Å². The minimum atomic E-state index is -0.479. The van der Waals surface area contributed by atoms with E-state index in [1.165, 1.54) is 0 Å². The molecule has 3 rings (SSSR count). The second-order valence-corrected chi connectivity index (χ2v) is 6.26. The summed E-state index contributed by atoms with van der Waals surface area (Å²) in [6.45, 7) is 0. The summed E-state index contributed by atoms with van der Waals surface area (Å²) in [5.74, 6) is -0.953. The average molecular weight is 409 g/mol. The Morgan fingerprint density at radius 1 is 0.962 bits per heavy atom. The van der Waals surface area contributed by atoms with Gasteiger partial charge in [-0.3, -0.25) is 20.4 Å². The summed E-state index contributed by atoms with van der Waals surface area (Å²) in [6.07, 6.45) is 1.62. The lowest BCUT2D eigenvalue weighted by Gasteiger charge is -2.12. The molecule has 0 bridgehead atoms. The first kappa shape index (κ1) is 17.5. The fraction of sp³-hybridized carbons (Fsp3) is 0. The molecular formula is C19H13BrN4O2. The number of nitriles is 1. The van der Waals surface area contributed by atoms with Crippen LogP contribution in [-0.4, -0.2) is 16.8 Å². The number of H-pyrrole nitrogens is 1. The maximum atomic E-state index is 12.6. The molecule has 0 spiro atoms. The van der Waals surface area contributed by atoms with Crippen LogP contribution in [0.3, 0.4) is 0 Å². The highest BCUT2D eigenvalue weighted by molar-refractivity contribution is 9.10. The van der Waals surface area contributed by atoms with Gasteiger partial charge in [0.15, 0.2) is 0 Å². The van der Waals surface area contributed by atoms with Crippen molar-refractivity contribution in [1.82, 2.24) is 15.8 Å².